The number of halogens is 2. The molecule has 122 valence electrons. The Morgan fingerprint density at radius 1 is 1.27 bits per heavy atom. The predicted octanol–water partition coefficient (Wildman–Crippen LogP) is 3.77. The lowest BCUT2D eigenvalue weighted by Crippen LogP contribution is -2.45. The van der Waals surface area contributed by atoms with E-state index < -0.39 is 17.5 Å². The van der Waals surface area contributed by atoms with E-state index in [1.807, 2.05) is 0 Å². The number of methoxy groups -OCH3 is 1. The highest BCUT2D eigenvalue weighted by Gasteiger charge is 2.22. The fourth-order valence-corrected chi connectivity index (χ4v) is 2.42. The maximum Gasteiger partial charge on any atom is 0.319 e. The molecule has 1 aromatic rings. The molecule has 0 bridgehead atoms. The molecular weight excluding hydrogens is 331 g/mol. The van der Waals surface area contributed by atoms with Gasteiger partial charge in [-0.25, -0.2) is 4.79 Å². The topological polar surface area (TPSA) is 87.7 Å². The van der Waals surface area contributed by atoms with E-state index in [1.54, 1.807) is 13.8 Å². The van der Waals surface area contributed by atoms with Crippen molar-refractivity contribution in [2.45, 2.75) is 32.2 Å². The molecule has 1 rings (SSSR count). The Morgan fingerprint density at radius 3 is 2.27 bits per heavy atom. The van der Waals surface area contributed by atoms with Crippen LogP contribution in [0.25, 0.3) is 0 Å². The maximum atomic E-state index is 12.0. The molecule has 0 aliphatic heterocycles. The Hall–Kier alpha value is -1.66. The van der Waals surface area contributed by atoms with E-state index in [-0.39, 0.29) is 16.5 Å². The van der Waals surface area contributed by atoms with Crippen LogP contribution < -0.4 is 15.4 Å². The lowest BCUT2D eigenvalue weighted by Gasteiger charge is -2.25. The zero-order chi connectivity index (χ0) is 16.9. The molecular formula is C14H18Cl2N2O4. The van der Waals surface area contributed by atoms with Gasteiger partial charge in [-0.1, -0.05) is 23.2 Å². The molecule has 0 saturated heterocycles. The molecule has 3 N–H and O–H groups in total. The van der Waals surface area contributed by atoms with Crippen LogP contribution in [0, 0.1) is 0 Å². The van der Waals surface area contributed by atoms with E-state index >= 15 is 0 Å². The van der Waals surface area contributed by atoms with Gasteiger partial charge in [0.1, 0.15) is 0 Å². The van der Waals surface area contributed by atoms with Gasteiger partial charge in [-0.2, -0.15) is 0 Å². The second-order valence-corrected chi connectivity index (χ2v) is 6.14. The molecule has 0 atom stereocenters. The largest absolute Gasteiger partial charge is 0.494 e. The summed E-state index contributed by atoms with van der Waals surface area (Å²) in [5.74, 6) is -0.583. The average molecular weight is 349 g/mol. The third-order valence-electron chi connectivity index (χ3n) is 2.88. The van der Waals surface area contributed by atoms with Gasteiger partial charge in [-0.15, -0.1) is 0 Å². The minimum Gasteiger partial charge on any atom is -0.494 e. The van der Waals surface area contributed by atoms with Crippen molar-refractivity contribution < 1.29 is 19.4 Å². The molecule has 8 heteroatoms. The van der Waals surface area contributed by atoms with Gasteiger partial charge in [0.25, 0.3) is 0 Å². The van der Waals surface area contributed by atoms with Gasteiger partial charge in [-0.05, 0) is 32.4 Å². The number of carbonyl (C=O) groups is 2. The quantitative estimate of drug-likeness (QED) is 0.730. The van der Waals surface area contributed by atoms with E-state index in [0.717, 1.165) is 0 Å². The molecule has 0 fully saturated rings. The summed E-state index contributed by atoms with van der Waals surface area (Å²) in [4.78, 5) is 22.6. The van der Waals surface area contributed by atoms with Crippen LogP contribution in [0.1, 0.15) is 26.7 Å². The van der Waals surface area contributed by atoms with E-state index in [2.05, 4.69) is 10.6 Å². The molecule has 1 aromatic carbocycles. The number of carbonyl (C=O) groups excluding carboxylic acids is 1. The number of aliphatic carboxylic acids is 1. The molecule has 0 unspecified atom stereocenters. The summed E-state index contributed by atoms with van der Waals surface area (Å²) in [7, 11) is 1.44. The fraction of sp³-hybridized carbons (Fsp3) is 0.429. The van der Waals surface area contributed by atoms with Gasteiger partial charge >= 0.3 is 12.0 Å². The third kappa shape index (κ3) is 5.61. The van der Waals surface area contributed by atoms with E-state index in [1.165, 1.54) is 19.2 Å². The van der Waals surface area contributed by atoms with Gasteiger partial charge in [0.2, 0.25) is 0 Å². The molecule has 0 spiro atoms. The zero-order valence-electron chi connectivity index (χ0n) is 12.5. The summed E-state index contributed by atoms with van der Waals surface area (Å²) in [6.45, 7) is 3.48. The highest BCUT2D eigenvalue weighted by molar-refractivity contribution is 6.37. The highest BCUT2D eigenvalue weighted by atomic mass is 35.5. The van der Waals surface area contributed by atoms with Gasteiger partial charge in [0.05, 0.1) is 17.2 Å². The van der Waals surface area contributed by atoms with Crippen LogP contribution in [0.5, 0.6) is 5.75 Å². The third-order valence-corrected chi connectivity index (χ3v) is 3.44. The fourth-order valence-electron chi connectivity index (χ4n) is 1.78. The minimum atomic E-state index is -0.913. The Balaban J connectivity index is 2.71. The Kier molecular flexibility index (Phi) is 6.32. The van der Waals surface area contributed by atoms with Crippen molar-refractivity contribution in [2.75, 3.05) is 12.4 Å². The summed E-state index contributed by atoms with van der Waals surface area (Å²) in [5.41, 5.74) is -0.259. The Morgan fingerprint density at radius 2 is 1.82 bits per heavy atom. The lowest BCUT2D eigenvalue weighted by molar-refractivity contribution is -0.137. The first-order valence-electron chi connectivity index (χ1n) is 6.48. The van der Waals surface area contributed by atoms with Crippen LogP contribution in [0.15, 0.2) is 12.1 Å². The van der Waals surface area contributed by atoms with Gasteiger partial charge < -0.3 is 20.5 Å². The normalized spacial score (nSPS) is 11.0. The average Bonchev–Trinajstić information content (AvgIpc) is 2.35. The number of urea groups is 1. The summed E-state index contributed by atoms with van der Waals surface area (Å²) in [6.07, 6.45) is 0.271. The smallest absolute Gasteiger partial charge is 0.319 e. The second-order valence-electron chi connectivity index (χ2n) is 5.33. The lowest BCUT2D eigenvalue weighted by atomic mass is 9.99. The van der Waals surface area contributed by atoms with Gasteiger partial charge in [0.15, 0.2) is 5.75 Å². The number of carboxylic acid groups (broad SMARTS) is 1. The maximum absolute atomic E-state index is 12.0. The zero-order valence-corrected chi connectivity index (χ0v) is 14.0. The number of hydrogen-bond acceptors (Lipinski definition) is 3. The summed E-state index contributed by atoms with van der Waals surface area (Å²) in [6, 6.07) is 2.54. The minimum absolute atomic E-state index is 0.0343. The van der Waals surface area contributed by atoms with Crippen LogP contribution in [0.2, 0.25) is 10.0 Å². The number of nitrogens with one attached hydrogen (secondary N) is 2. The summed E-state index contributed by atoms with van der Waals surface area (Å²) < 4.78 is 5.02. The molecule has 0 radical (unpaired) electrons. The molecule has 0 heterocycles. The molecule has 0 aliphatic rings. The molecule has 0 aromatic heterocycles. The number of carboxylic acids is 1. The first-order valence-corrected chi connectivity index (χ1v) is 7.24. The van der Waals surface area contributed by atoms with Gasteiger partial charge in [0, 0.05) is 17.6 Å². The predicted molar refractivity (Wildman–Crippen MR) is 86.1 cm³/mol. The van der Waals surface area contributed by atoms with Crippen LogP contribution in [0.4, 0.5) is 10.5 Å². The van der Waals surface area contributed by atoms with Crippen molar-refractivity contribution in [1.29, 1.82) is 0 Å². The van der Waals surface area contributed by atoms with Crippen LogP contribution in [-0.4, -0.2) is 29.8 Å². The van der Waals surface area contributed by atoms with Crippen molar-refractivity contribution in [2.24, 2.45) is 0 Å². The number of amides is 2. The van der Waals surface area contributed by atoms with E-state index in [4.69, 9.17) is 33.0 Å². The highest BCUT2D eigenvalue weighted by Crippen LogP contribution is 2.35. The Labute approximate surface area is 138 Å². The number of rotatable bonds is 6. The molecule has 22 heavy (non-hydrogen) atoms. The summed E-state index contributed by atoms with van der Waals surface area (Å²) in [5, 5.41) is 14.5. The van der Waals surface area contributed by atoms with Crippen LogP contribution >= 0.6 is 23.2 Å². The monoisotopic (exact) mass is 348 g/mol. The first-order chi connectivity index (χ1) is 10.1. The molecule has 0 aliphatic carbocycles. The molecule has 0 saturated carbocycles. The van der Waals surface area contributed by atoms with Crippen molar-refractivity contribution in [3.8, 4) is 5.75 Å². The number of hydrogen-bond donors (Lipinski definition) is 3. The van der Waals surface area contributed by atoms with Crippen molar-refractivity contribution in [3.05, 3.63) is 22.2 Å². The van der Waals surface area contributed by atoms with E-state index in [0.29, 0.717) is 17.9 Å². The van der Waals surface area contributed by atoms with Crippen molar-refractivity contribution >= 4 is 40.9 Å². The van der Waals surface area contributed by atoms with Crippen LogP contribution in [0.3, 0.4) is 0 Å². The Bertz CT molecular complexity index is 553. The van der Waals surface area contributed by atoms with Crippen molar-refractivity contribution in [3.63, 3.8) is 0 Å². The van der Waals surface area contributed by atoms with Crippen molar-refractivity contribution in [1.82, 2.24) is 5.32 Å². The number of anilines is 1. The molecule has 2 amide bonds. The molecule has 6 nitrogen and oxygen atoms in total. The standard InChI is InChI=1S/C14H18Cl2N2O4/c1-14(2,5-4-11(19)20)18-13(21)17-8-6-9(15)12(22-3)10(16)7-8/h6-7H,4-5H2,1-3H3,(H,19,20)(H2,17,18,21). The number of ether oxygens (including phenoxy) is 1. The van der Waals surface area contributed by atoms with Gasteiger partial charge in [-0.3, -0.25) is 4.79 Å². The second kappa shape index (κ2) is 7.56. The number of benzene rings is 1. The first kappa shape index (κ1) is 18.4. The van der Waals surface area contributed by atoms with E-state index in [9.17, 15) is 9.59 Å². The summed E-state index contributed by atoms with van der Waals surface area (Å²) >= 11 is 12.0. The van der Waals surface area contributed by atoms with Crippen LogP contribution in [-0.2, 0) is 4.79 Å². The SMILES string of the molecule is COc1c(Cl)cc(NC(=O)NC(C)(C)CCC(=O)O)cc1Cl.